The summed E-state index contributed by atoms with van der Waals surface area (Å²) in [5.74, 6) is 0. The predicted molar refractivity (Wildman–Crippen MR) is 80.6 cm³/mol. The molecular formula is C14H13NO3S2. The van der Waals surface area contributed by atoms with Gasteiger partial charge in [-0.25, -0.2) is 4.98 Å². The van der Waals surface area contributed by atoms with Gasteiger partial charge in [0.2, 0.25) is 0 Å². The van der Waals surface area contributed by atoms with Crippen molar-refractivity contribution in [2.45, 2.75) is 11.8 Å². The molecule has 1 N–H and O–H groups in total. The summed E-state index contributed by atoms with van der Waals surface area (Å²) in [6.45, 7) is 1.63. The molecule has 2 aromatic carbocycles. The fourth-order valence-corrected chi connectivity index (χ4v) is 3.05. The molecule has 0 bridgehead atoms. The zero-order chi connectivity index (χ0) is 14.6. The second-order valence-electron chi connectivity index (χ2n) is 4.06. The predicted octanol–water partition coefficient (Wildman–Crippen LogP) is 3.54. The number of benzene rings is 2. The molecule has 0 aliphatic rings. The van der Waals surface area contributed by atoms with E-state index in [1.807, 2.05) is 23.7 Å². The van der Waals surface area contributed by atoms with Crippen molar-refractivity contribution in [2.24, 2.45) is 0 Å². The van der Waals surface area contributed by atoms with Gasteiger partial charge in [0.25, 0.3) is 10.1 Å². The zero-order valence-corrected chi connectivity index (χ0v) is 12.4. The van der Waals surface area contributed by atoms with E-state index in [0.717, 1.165) is 5.52 Å². The molecule has 0 spiro atoms. The molecule has 0 saturated heterocycles. The average Bonchev–Trinajstić information content (AvgIpc) is 2.87. The van der Waals surface area contributed by atoms with Gasteiger partial charge in [-0.05, 0) is 30.7 Å². The van der Waals surface area contributed by atoms with Crippen molar-refractivity contribution < 1.29 is 13.0 Å². The molecular weight excluding hydrogens is 294 g/mol. The van der Waals surface area contributed by atoms with Crippen LogP contribution in [0.4, 0.5) is 0 Å². The highest BCUT2D eigenvalue weighted by Crippen LogP contribution is 2.15. The molecule has 1 aromatic heterocycles. The maximum atomic E-state index is 10.6. The second kappa shape index (κ2) is 6.13. The largest absolute Gasteiger partial charge is 0.294 e. The summed E-state index contributed by atoms with van der Waals surface area (Å²) in [4.78, 5) is 4.11. The van der Waals surface area contributed by atoms with Crippen LogP contribution in [0, 0.1) is 6.92 Å². The average molecular weight is 307 g/mol. The van der Waals surface area contributed by atoms with Crippen molar-refractivity contribution in [3.8, 4) is 0 Å². The molecule has 0 aliphatic carbocycles. The highest BCUT2D eigenvalue weighted by molar-refractivity contribution is 7.85. The van der Waals surface area contributed by atoms with Gasteiger partial charge in [0, 0.05) is 0 Å². The molecule has 104 valence electrons. The Morgan fingerprint density at radius 2 is 1.70 bits per heavy atom. The number of aryl methyl sites for hydroxylation is 1. The van der Waals surface area contributed by atoms with E-state index in [1.54, 1.807) is 36.5 Å². The summed E-state index contributed by atoms with van der Waals surface area (Å²) in [6, 6.07) is 14.4. The lowest BCUT2D eigenvalue weighted by molar-refractivity contribution is 0.482. The fourth-order valence-electron chi connectivity index (χ4n) is 1.65. The Morgan fingerprint density at radius 1 is 1.05 bits per heavy atom. The lowest BCUT2D eigenvalue weighted by atomic mass is 10.2. The van der Waals surface area contributed by atoms with Crippen molar-refractivity contribution in [1.29, 1.82) is 0 Å². The van der Waals surface area contributed by atoms with E-state index in [-0.39, 0.29) is 4.90 Å². The van der Waals surface area contributed by atoms with Crippen molar-refractivity contribution in [1.82, 2.24) is 4.98 Å². The van der Waals surface area contributed by atoms with Crippen molar-refractivity contribution in [2.75, 3.05) is 0 Å². The second-order valence-corrected chi connectivity index (χ2v) is 6.34. The Hall–Kier alpha value is -1.76. The highest BCUT2D eigenvalue weighted by atomic mass is 32.2. The first-order valence-corrected chi connectivity index (χ1v) is 8.12. The Kier molecular flexibility index (Phi) is 4.49. The van der Waals surface area contributed by atoms with Crippen LogP contribution in [-0.2, 0) is 10.1 Å². The molecule has 0 aliphatic heterocycles. The van der Waals surface area contributed by atoms with Crippen LogP contribution in [0.15, 0.2) is 58.9 Å². The smallest absolute Gasteiger partial charge is 0.282 e. The molecule has 3 rings (SSSR count). The third-order valence-electron chi connectivity index (χ3n) is 2.61. The van der Waals surface area contributed by atoms with Crippen LogP contribution in [0.1, 0.15) is 5.56 Å². The van der Waals surface area contributed by atoms with Gasteiger partial charge in [-0.15, -0.1) is 11.3 Å². The summed E-state index contributed by atoms with van der Waals surface area (Å²) in [5.41, 5.74) is 3.52. The molecule has 0 radical (unpaired) electrons. The maximum Gasteiger partial charge on any atom is 0.294 e. The number of nitrogens with zero attached hydrogens (tertiary/aromatic N) is 1. The van der Waals surface area contributed by atoms with Crippen molar-refractivity contribution in [3.05, 3.63) is 59.6 Å². The third-order valence-corrected chi connectivity index (χ3v) is 4.43. The lowest BCUT2D eigenvalue weighted by Gasteiger charge is -1.99. The Labute approximate surface area is 121 Å². The molecule has 0 unspecified atom stereocenters. The quantitative estimate of drug-likeness (QED) is 0.698. The van der Waals surface area contributed by atoms with E-state index in [4.69, 9.17) is 4.55 Å². The number of para-hydroxylation sites is 1. The Morgan fingerprint density at radius 3 is 2.30 bits per heavy atom. The molecule has 3 aromatic rings. The SMILES string of the molecule is Cc1ccccc1S(=O)(=O)O.c1ccc2scnc2c1. The number of hydrogen-bond donors (Lipinski definition) is 1. The first kappa shape index (κ1) is 14.6. The normalized spacial score (nSPS) is 10.9. The Bertz CT molecular complexity index is 780. The minimum atomic E-state index is -4.03. The minimum absolute atomic E-state index is 0.0278. The number of aromatic nitrogens is 1. The van der Waals surface area contributed by atoms with Crippen LogP contribution in [-0.4, -0.2) is 18.0 Å². The number of hydrogen-bond acceptors (Lipinski definition) is 4. The molecule has 0 fully saturated rings. The van der Waals surface area contributed by atoms with E-state index >= 15 is 0 Å². The summed E-state index contributed by atoms with van der Waals surface area (Å²) >= 11 is 1.68. The molecule has 0 amide bonds. The molecule has 1 heterocycles. The van der Waals surface area contributed by atoms with Crippen LogP contribution < -0.4 is 0 Å². The highest BCUT2D eigenvalue weighted by Gasteiger charge is 2.10. The van der Waals surface area contributed by atoms with E-state index in [2.05, 4.69) is 11.1 Å². The summed E-state index contributed by atoms with van der Waals surface area (Å²) in [5, 5.41) is 0. The lowest BCUT2D eigenvalue weighted by Crippen LogP contribution is -1.99. The van der Waals surface area contributed by atoms with Crippen LogP contribution in [0.2, 0.25) is 0 Å². The van der Waals surface area contributed by atoms with Crippen molar-refractivity contribution >= 4 is 31.7 Å². The minimum Gasteiger partial charge on any atom is -0.282 e. The van der Waals surface area contributed by atoms with Crippen LogP contribution >= 0.6 is 11.3 Å². The summed E-state index contributed by atoms with van der Waals surface area (Å²) in [7, 11) is -4.03. The first-order chi connectivity index (χ1) is 9.48. The molecule has 0 atom stereocenters. The maximum absolute atomic E-state index is 10.6. The molecule has 20 heavy (non-hydrogen) atoms. The zero-order valence-electron chi connectivity index (χ0n) is 10.7. The number of rotatable bonds is 1. The molecule has 0 saturated carbocycles. The van der Waals surface area contributed by atoms with Gasteiger partial charge < -0.3 is 0 Å². The van der Waals surface area contributed by atoms with Gasteiger partial charge in [0.15, 0.2) is 0 Å². The summed E-state index contributed by atoms with van der Waals surface area (Å²) < 4.78 is 31.1. The monoisotopic (exact) mass is 307 g/mol. The van der Waals surface area contributed by atoms with Gasteiger partial charge in [-0.1, -0.05) is 30.3 Å². The van der Waals surface area contributed by atoms with Crippen LogP contribution in [0.3, 0.4) is 0 Å². The third kappa shape index (κ3) is 3.63. The van der Waals surface area contributed by atoms with Crippen LogP contribution in [0.5, 0.6) is 0 Å². The number of thiazole rings is 1. The van der Waals surface area contributed by atoms with Gasteiger partial charge >= 0.3 is 0 Å². The molecule has 6 heteroatoms. The number of fused-ring (bicyclic) bond motifs is 1. The molecule has 4 nitrogen and oxygen atoms in total. The van der Waals surface area contributed by atoms with E-state index < -0.39 is 10.1 Å². The first-order valence-electron chi connectivity index (χ1n) is 5.80. The van der Waals surface area contributed by atoms with E-state index in [0.29, 0.717) is 5.56 Å². The topological polar surface area (TPSA) is 67.3 Å². The van der Waals surface area contributed by atoms with Gasteiger partial charge in [-0.3, -0.25) is 4.55 Å². The summed E-state index contributed by atoms with van der Waals surface area (Å²) in [6.07, 6.45) is 0. The Balaban J connectivity index is 0.000000149. The van der Waals surface area contributed by atoms with Gasteiger partial charge in [0.05, 0.1) is 20.6 Å². The van der Waals surface area contributed by atoms with Gasteiger partial charge in [-0.2, -0.15) is 8.42 Å². The van der Waals surface area contributed by atoms with Crippen molar-refractivity contribution in [3.63, 3.8) is 0 Å². The van der Waals surface area contributed by atoms with E-state index in [9.17, 15) is 8.42 Å². The fraction of sp³-hybridized carbons (Fsp3) is 0.0714. The standard InChI is InChI=1S/C7H5NS.C7H8O3S/c1-2-4-7-6(3-1)8-5-9-7;1-6-4-2-3-5-7(6)11(8,9)10/h1-5H;2-5H,1H3,(H,8,9,10). The van der Waals surface area contributed by atoms with Gasteiger partial charge in [0.1, 0.15) is 0 Å². The van der Waals surface area contributed by atoms with E-state index in [1.165, 1.54) is 10.8 Å². The van der Waals surface area contributed by atoms with Crippen LogP contribution in [0.25, 0.3) is 10.2 Å².